The minimum Gasteiger partial charge on any atom is -0.482 e. The highest BCUT2D eigenvalue weighted by Crippen LogP contribution is 2.31. The summed E-state index contributed by atoms with van der Waals surface area (Å²) in [5.41, 5.74) is 1.71. The lowest BCUT2D eigenvalue weighted by Crippen LogP contribution is -2.16. The number of aromatic amines is 1. The summed E-state index contributed by atoms with van der Waals surface area (Å²) in [6, 6.07) is 13.4. The number of benzene rings is 2. The zero-order valence-electron chi connectivity index (χ0n) is 20.0. The lowest BCUT2D eigenvalue weighted by atomic mass is 10.1. The zero-order valence-corrected chi connectivity index (χ0v) is 20.0. The molecule has 0 amide bonds. The molecule has 0 fully saturated rings. The molecule has 198 valence electrons. The second-order valence-electron chi connectivity index (χ2n) is 7.86. The Labute approximate surface area is 214 Å². The highest BCUT2D eigenvalue weighted by Gasteiger charge is 2.31. The molecule has 4 aromatic rings. The van der Waals surface area contributed by atoms with Crippen molar-refractivity contribution in [1.82, 2.24) is 20.2 Å². The maximum atomic E-state index is 12.5. The van der Waals surface area contributed by atoms with Crippen molar-refractivity contribution in [2.45, 2.75) is 19.4 Å². The first kappa shape index (κ1) is 26.3. The summed E-state index contributed by atoms with van der Waals surface area (Å²) in [5, 5.41) is 15.9. The van der Waals surface area contributed by atoms with Crippen LogP contribution in [0.2, 0.25) is 0 Å². The van der Waals surface area contributed by atoms with Crippen LogP contribution in [0.5, 0.6) is 23.1 Å². The fourth-order valence-electron chi connectivity index (χ4n) is 3.41. The number of nitrogens with zero attached hydrogens (tertiary/aromatic N) is 3. The van der Waals surface area contributed by atoms with Gasteiger partial charge in [-0.05, 0) is 61.0 Å². The topological polar surface area (TPSA) is 129 Å². The van der Waals surface area contributed by atoms with Crippen molar-refractivity contribution in [3.8, 4) is 34.5 Å². The molecule has 2 aromatic heterocycles. The molecular weight excluding hydrogens is 509 g/mol. The number of ether oxygens (including phenoxy) is 4. The van der Waals surface area contributed by atoms with E-state index < -0.39 is 25.0 Å². The number of rotatable bonds is 10. The minimum atomic E-state index is -4.79. The Bertz CT molecular complexity index is 1390. The number of alkyl halides is 3. The molecule has 2 heterocycles. The molecule has 0 aliphatic carbocycles. The average Bonchev–Trinajstić information content (AvgIpc) is 3.36. The summed E-state index contributed by atoms with van der Waals surface area (Å²) >= 11 is 0. The van der Waals surface area contributed by atoms with Gasteiger partial charge in [0.05, 0.1) is 7.11 Å². The summed E-state index contributed by atoms with van der Waals surface area (Å²) in [4.78, 5) is 19.5. The molecule has 0 saturated carbocycles. The van der Waals surface area contributed by atoms with Crippen LogP contribution in [-0.4, -0.2) is 51.3 Å². The Morgan fingerprint density at radius 3 is 2.42 bits per heavy atom. The van der Waals surface area contributed by atoms with Gasteiger partial charge in [-0.3, -0.25) is 5.10 Å². The largest absolute Gasteiger partial charge is 0.573 e. The van der Waals surface area contributed by atoms with E-state index in [4.69, 9.17) is 19.3 Å². The Hall–Kier alpha value is -4.81. The van der Waals surface area contributed by atoms with Crippen LogP contribution in [0.15, 0.2) is 60.8 Å². The van der Waals surface area contributed by atoms with Gasteiger partial charge >= 0.3 is 12.3 Å². The van der Waals surface area contributed by atoms with Gasteiger partial charge in [-0.2, -0.15) is 5.10 Å². The van der Waals surface area contributed by atoms with Crippen LogP contribution in [0, 0.1) is 6.92 Å². The van der Waals surface area contributed by atoms with Crippen molar-refractivity contribution in [3.05, 3.63) is 77.7 Å². The standard InChI is InChI=1S/C25H21F3N4O6/c1-14-11-18(8-9-19(14)36-13-21(33)34)37-22(16-5-10-20(35-2)29-12-16)24-30-23(31-32-24)15-3-6-17(7-4-15)38-25(26,27)28/h3-12,22H,13H2,1-2H3,(H,33,34)(H,30,31,32). The van der Waals surface area contributed by atoms with Crippen molar-refractivity contribution in [2.75, 3.05) is 13.7 Å². The number of carbonyl (C=O) groups is 1. The number of aliphatic carboxylic acids is 1. The van der Waals surface area contributed by atoms with E-state index in [1.165, 1.54) is 31.4 Å². The predicted octanol–water partition coefficient (Wildman–Crippen LogP) is 4.71. The zero-order chi connectivity index (χ0) is 27.3. The van der Waals surface area contributed by atoms with Crippen molar-refractivity contribution in [2.24, 2.45) is 0 Å². The molecule has 0 aliphatic heterocycles. The van der Waals surface area contributed by atoms with E-state index in [-0.39, 0.29) is 11.6 Å². The summed E-state index contributed by atoms with van der Waals surface area (Å²) in [7, 11) is 1.49. The molecule has 4 rings (SSSR count). The fourth-order valence-corrected chi connectivity index (χ4v) is 3.41. The van der Waals surface area contributed by atoms with Crippen LogP contribution in [0.1, 0.15) is 23.1 Å². The van der Waals surface area contributed by atoms with Crippen LogP contribution in [0.25, 0.3) is 11.4 Å². The van der Waals surface area contributed by atoms with E-state index in [9.17, 15) is 18.0 Å². The number of carboxylic acid groups (broad SMARTS) is 1. The lowest BCUT2D eigenvalue weighted by molar-refractivity contribution is -0.274. The summed E-state index contributed by atoms with van der Waals surface area (Å²) in [6.45, 7) is 1.26. The molecular formula is C25H21F3N4O6. The predicted molar refractivity (Wildman–Crippen MR) is 126 cm³/mol. The third-order valence-electron chi connectivity index (χ3n) is 5.12. The van der Waals surface area contributed by atoms with Crippen LogP contribution >= 0.6 is 0 Å². The van der Waals surface area contributed by atoms with Gasteiger partial charge in [0.1, 0.15) is 17.2 Å². The summed E-state index contributed by atoms with van der Waals surface area (Å²) < 4.78 is 57.8. The van der Waals surface area contributed by atoms with E-state index in [2.05, 4.69) is 24.9 Å². The van der Waals surface area contributed by atoms with Gasteiger partial charge in [-0.1, -0.05) is 0 Å². The lowest BCUT2D eigenvalue weighted by Gasteiger charge is -2.18. The first-order valence-electron chi connectivity index (χ1n) is 11.0. The molecule has 0 saturated heterocycles. The molecule has 10 nitrogen and oxygen atoms in total. The third-order valence-corrected chi connectivity index (χ3v) is 5.12. The minimum absolute atomic E-state index is 0.228. The molecule has 38 heavy (non-hydrogen) atoms. The number of methoxy groups -OCH3 is 1. The van der Waals surface area contributed by atoms with Crippen LogP contribution in [-0.2, 0) is 4.79 Å². The van der Waals surface area contributed by atoms with Crippen molar-refractivity contribution in [3.63, 3.8) is 0 Å². The molecule has 13 heteroatoms. The maximum absolute atomic E-state index is 12.5. The first-order chi connectivity index (χ1) is 18.1. The normalized spacial score (nSPS) is 12.0. The van der Waals surface area contributed by atoms with Gasteiger partial charge in [-0.15, -0.1) is 13.2 Å². The fraction of sp³-hybridized carbons (Fsp3) is 0.200. The van der Waals surface area contributed by atoms with Crippen molar-refractivity contribution < 1.29 is 42.0 Å². The highest BCUT2D eigenvalue weighted by atomic mass is 19.4. The van der Waals surface area contributed by atoms with Gasteiger partial charge in [0.25, 0.3) is 0 Å². The number of hydrogen-bond acceptors (Lipinski definition) is 8. The van der Waals surface area contributed by atoms with Crippen LogP contribution < -0.4 is 18.9 Å². The van der Waals surface area contributed by atoms with Gasteiger partial charge in [0, 0.05) is 23.4 Å². The number of aromatic nitrogens is 4. The van der Waals surface area contributed by atoms with E-state index in [1.54, 1.807) is 43.5 Å². The number of pyridine rings is 1. The quantitative estimate of drug-likeness (QED) is 0.299. The van der Waals surface area contributed by atoms with E-state index in [1.807, 2.05) is 0 Å². The smallest absolute Gasteiger partial charge is 0.482 e. The average molecular weight is 530 g/mol. The second kappa shape index (κ2) is 11.1. The van der Waals surface area contributed by atoms with Crippen LogP contribution in [0.4, 0.5) is 13.2 Å². The highest BCUT2D eigenvalue weighted by molar-refractivity contribution is 5.68. The molecule has 2 aromatic carbocycles. The van der Waals surface area contributed by atoms with Crippen LogP contribution in [0.3, 0.4) is 0 Å². The maximum Gasteiger partial charge on any atom is 0.573 e. The van der Waals surface area contributed by atoms with Crippen molar-refractivity contribution >= 4 is 5.97 Å². The second-order valence-corrected chi connectivity index (χ2v) is 7.86. The van der Waals surface area contributed by atoms with E-state index in [0.29, 0.717) is 39.9 Å². The first-order valence-corrected chi connectivity index (χ1v) is 11.0. The third kappa shape index (κ3) is 6.69. The molecule has 0 aliphatic rings. The Kier molecular flexibility index (Phi) is 7.65. The van der Waals surface area contributed by atoms with Gasteiger partial charge in [0.15, 0.2) is 24.4 Å². The van der Waals surface area contributed by atoms with E-state index >= 15 is 0 Å². The summed E-state index contributed by atoms with van der Waals surface area (Å²) in [6.07, 6.45) is -4.09. The van der Waals surface area contributed by atoms with Gasteiger partial charge in [0.2, 0.25) is 5.88 Å². The number of hydrogen-bond donors (Lipinski definition) is 2. The molecule has 0 bridgehead atoms. The number of nitrogens with one attached hydrogen (secondary N) is 1. The molecule has 1 atom stereocenters. The summed E-state index contributed by atoms with van der Waals surface area (Å²) in [5.74, 6) is 0.262. The number of carboxylic acids is 1. The molecule has 2 N–H and O–H groups in total. The Morgan fingerprint density at radius 1 is 1.08 bits per heavy atom. The molecule has 0 radical (unpaired) electrons. The Balaban J connectivity index is 1.61. The number of halogens is 3. The number of H-pyrrole nitrogens is 1. The molecule has 1 unspecified atom stereocenters. The van der Waals surface area contributed by atoms with Crippen molar-refractivity contribution in [1.29, 1.82) is 0 Å². The van der Waals surface area contributed by atoms with Gasteiger partial charge in [-0.25, -0.2) is 14.8 Å². The van der Waals surface area contributed by atoms with E-state index in [0.717, 1.165) is 0 Å². The Morgan fingerprint density at radius 2 is 1.82 bits per heavy atom. The van der Waals surface area contributed by atoms with Gasteiger partial charge < -0.3 is 24.1 Å². The SMILES string of the molecule is COc1ccc(C(Oc2ccc(OCC(=O)O)c(C)c2)c2n[nH]c(-c3ccc(OC(F)(F)F)cc3)n2)cn1. The molecule has 0 spiro atoms. The number of aryl methyl sites for hydroxylation is 1. The monoisotopic (exact) mass is 530 g/mol.